The average Bonchev–Trinajstić information content (AvgIpc) is 2.60. The minimum absolute atomic E-state index is 0.152. The van der Waals surface area contributed by atoms with Crippen LogP contribution in [0.5, 0.6) is 0 Å². The summed E-state index contributed by atoms with van der Waals surface area (Å²) in [6, 6.07) is 1.24. The van der Waals surface area contributed by atoms with Crippen molar-refractivity contribution in [2.75, 3.05) is 0 Å². The number of aromatic nitrogens is 1. The van der Waals surface area contributed by atoms with Crippen LogP contribution in [0.1, 0.15) is 81.5 Å². The number of carbonyl (C=O) groups is 2. The van der Waals surface area contributed by atoms with Gasteiger partial charge in [0.15, 0.2) is 0 Å². The summed E-state index contributed by atoms with van der Waals surface area (Å²) >= 11 is 0. The van der Waals surface area contributed by atoms with Crippen molar-refractivity contribution < 1.29 is 14.5 Å². The number of nitro groups is 1. The molecule has 0 unspecified atom stereocenters. The number of carbonyl (C=O) groups excluding carboxylic acids is 2. The number of nitrogens with zero attached hydrogens (tertiary/aromatic N) is 2. The molecule has 0 saturated heterocycles. The maximum Gasteiger partial charge on any atom is 0.300 e. The second-order valence-corrected chi connectivity index (χ2v) is 6.11. The molecule has 0 atom stereocenters. The van der Waals surface area contributed by atoms with Crippen molar-refractivity contribution in [3.8, 4) is 0 Å². The SMILES string of the molecule is CCCCCCCCCCCC(=O)NC(=O)c1ccncc1[N+](=O)[O-]. The van der Waals surface area contributed by atoms with Gasteiger partial charge in [0.25, 0.3) is 11.6 Å². The number of unbranched alkanes of at least 4 members (excludes halogenated alkanes) is 8. The van der Waals surface area contributed by atoms with E-state index in [1.807, 2.05) is 0 Å². The van der Waals surface area contributed by atoms with Gasteiger partial charge in [0, 0.05) is 12.6 Å². The molecule has 0 saturated carbocycles. The number of hydrogen-bond acceptors (Lipinski definition) is 5. The number of pyridine rings is 1. The molecular formula is C18H27N3O4. The number of rotatable bonds is 12. The predicted octanol–water partition coefficient (Wildman–Crippen LogP) is 4.17. The maximum absolute atomic E-state index is 12.0. The second-order valence-electron chi connectivity index (χ2n) is 6.11. The highest BCUT2D eigenvalue weighted by molar-refractivity contribution is 6.06. The van der Waals surface area contributed by atoms with Gasteiger partial charge in [-0.1, -0.05) is 58.3 Å². The van der Waals surface area contributed by atoms with Crippen LogP contribution in [-0.4, -0.2) is 21.7 Å². The Bertz CT molecular complexity index is 575. The number of amides is 2. The van der Waals surface area contributed by atoms with Crippen LogP contribution in [0.3, 0.4) is 0 Å². The molecule has 0 bridgehead atoms. The zero-order valence-electron chi connectivity index (χ0n) is 14.8. The fraction of sp³-hybridized carbons (Fsp3) is 0.611. The van der Waals surface area contributed by atoms with E-state index in [2.05, 4.69) is 17.2 Å². The zero-order chi connectivity index (χ0) is 18.5. The molecule has 0 fully saturated rings. The Balaban J connectivity index is 2.22. The van der Waals surface area contributed by atoms with E-state index in [4.69, 9.17) is 0 Å². The lowest BCUT2D eigenvalue weighted by Gasteiger charge is -2.05. The molecule has 0 aliphatic heterocycles. The topological polar surface area (TPSA) is 102 Å². The monoisotopic (exact) mass is 349 g/mol. The summed E-state index contributed by atoms with van der Waals surface area (Å²) in [5, 5.41) is 13.1. The van der Waals surface area contributed by atoms with Crippen LogP contribution in [0.2, 0.25) is 0 Å². The second kappa shape index (κ2) is 12.1. The van der Waals surface area contributed by atoms with E-state index in [0.29, 0.717) is 6.42 Å². The van der Waals surface area contributed by atoms with Gasteiger partial charge in [0.05, 0.1) is 4.92 Å². The van der Waals surface area contributed by atoms with Gasteiger partial charge in [-0.2, -0.15) is 0 Å². The van der Waals surface area contributed by atoms with Crippen molar-refractivity contribution in [3.63, 3.8) is 0 Å². The van der Waals surface area contributed by atoms with Gasteiger partial charge < -0.3 is 0 Å². The standard InChI is InChI=1S/C18H27N3O4/c1-2-3-4-5-6-7-8-9-10-11-17(22)20-18(23)15-12-13-19-14-16(15)21(24)25/h12-14H,2-11H2,1H3,(H,20,22,23). The van der Waals surface area contributed by atoms with E-state index < -0.39 is 22.4 Å². The van der Waals surface area contributed by atoms with Crippen LogP contribution in [0.15, 0.2) is 18.5 Å². The summed E-state index contributed by atoms with van der Waals surface area (Å²) in [6.45, 7) is 2.20. The lowest BCUT2D eigenvalue weighted by Crippen LogP contribution is -2.30. The third kappa shape index (κ3) is 8.37. The van der Waals surface area contributed by atoms with E-state index in [9.17, 15) is 19.7 Å². The minimum atomic E-state index is -0.755. The number of hydrogen-bond donors (Lipinski definition) is 1. The Labute approximate surface area is 148 Å². The van der Waals surface area contributed by atoms with Gasteiger partial charge in [-0.3, -0.25) is 30.0 Å². The first-order valence-electron chi connectivity index (χ1n) is 8.98. The van der Waals surface area contributed by atoms with E-state index in [-0.39, 0.29) is 12.0 Å². The summed E-state index contributed by atoms with van der Waals surface area (Å²) < 4.78 is 0. The highest BCUT2D eigenvalue weighted by Gasteiger charge is 2.21. The van der Waals surface area contributed by atoms with E-state index in [0.717, 1.165) is 19.0 Å². The first-order chi connectivity index (χ1) is 12.1. The molecule has 25 heavy (non-hydrogen) atoms. The van der Waals surface area contributed by atoms with Crippen molar-refractivity contribution in [2.45, 2.75) is 71.1 Å². The normalized spacial score (nSPS) is 10.4. The first-order valence-corrected chi connectivity index (χ1v) is 8.98. The largest absolute Gasteiger partial charge is 0.300 e. The smallest absolute Gasteiger partial charge is 0.292 e. The third-order valence-corrected chi connectivity index (χ3v) is 4.00. The van der Waals surface area contributed by atoms with Crippen molar-refractivity contribution in [1.82, 2.24) is 10.3 Å². The number of imide groups is 1. The summed E-state index contributed by atoms with van der Waals surface area (Å²) in [6.07, 6.45) is 12.8. The molecule has 1 N–H and O–H groups in total. The predicted molar refractivity (Wildman–Crippen MR) is 95.2 cm³/mol. The summed E-state index contributed by atoms with van der Waals surface area (Å²) in [5.41, 5.74) is -0.559. The fourth-order valence-electron chi connectivity index (χ4n) is 2.58. The van der Waals surface area contributed by atoms with E-state index >= 15 is 0 Å². The summed E-state index contributed by atoms with van der Waals surface area (Å²) in [4.78, 5) is 37.6. The Hall–Kier alpha value is -2.31. The molecular weight excluding hydrogens is 322 g/mol. The number of nitrogens with one attached hydrogen (secondary N) is 1. The average molecular weight is 349 g/mol. The van der Waals surface area contributed by atoms with E-state index in [1.54, 1.807) is 0 Å². The van der Waals surface area contributed by atoms with Crippen LogP contribution in [-0.2, 0) is 4.79 Å². The molecule has 0 radical (unpaired) electrons. The van der Waals surface area contributed by atoms with Gasteiger partial charge in [-0.15, -0.1) is 0 Å². The molecule has 7 heteroatoms. The lowest BCUT2D eigenvalue weighted by atomic mass is 10.1. The molecule has 0 aliphatic carbocycles. The van der Waals surface area contributed by atoms with Gasteiger partial charge in [0.2, 0.25) is 5.91 Å². The summed E-state index contributed by atoms with van der Waals surface area (Å²) in [7, 11) is 0. The van der Waals surface area contributed by atoms with Gasteiger partial charge in [0.1, 0.15) is 11.8 Å². The maximum atomic E-state index is 12.0. The van der Waals surface area contributed by atoms with Crippen molar-refractivity contribution >= 4 is 17.5 Å². The van der Waals surface area contributed by atoms with E-state index in [1.165, 1.54) is 50.8 Å². The minimum Gasteiger partial charge on any atom is -0.292 e. The highest BCUT2D eigenvalue weighted by Crippen LogP contribution is 2.16. The fourth-order valence-corrected chi connectivity index (χ4v) is 2.58. The van der Waals surface area contributed by atoms with Crippen molar-refractivity contribution in [1.29, 1.82) is 0 Å². The molecule has 0 spiro atoms. The summed E-state index contributed by atoms with van der Waals surface area (Å²) in [5.74, 6) is -1.16. The zero-order valence-corrected chi connectivity index (χ0v) is 14.8. The van der Waals surface area contributed by atoms with Crippen molar-refractivity contribution in [3.05, 3.63) is 34.1 Å². The molecule has 138 valence electrons. The molecule has 1 heterocycles. The van der Waals surface area contributed by atoms with Crippen LogP contribution in [0, 0.1) is 10.1 Å². The Morgan fingerprint density at radius 2 is 1.68 bits per heavy atom. The molecule has 1 aromatic heterocycles. The van der Waals surface area contributed by atoms with Gasteiger partial charge in [-0.25, -0.2) is 0 Å². The molecule has 7 nitrogen and oxygen atoms in total. The molecule has 1 rings (SSSR count). The Morgan fingerprint density at radius 3 is 2.28 bits per heavy atom. The van der Waals surface area contributed by atoms with Gasteiger partial charge in [-0.05, 0) is 12.5 Å². The van der Waals surface area contributed by atoms with Crippen LogP contribution < -0.4 is 5.32 Å². The quantitative estimate of drug-likeness (QED) is 0.347. The highest BCUT2D eigenvalue weighted by atomic mass is 16.6. The Kier molecular flexibility index (Phi) is 10.0. The van der Waals surface area contributed by atoms with Crippen LogP contribution >= 0.6 is 0 Å². The Morgan fingerprint density at radius 1 is 1.08 bits per heavy atom. The van der Waals surface area contributed by atoms with Crippen molar-refractivity contribution in [2.24, 2.45) is 0 Å². The third-order valence-electron chi connectivity index (χ3n) is 4.00. The van der Waals surface area contributed by atoms with Crippen LogP contribution in [0.4, 0.5) is 5.69 Å². The lowest BCUT2D eigenvalue weighted by molar-refractivity contribution is -0.385. The molecule has 0 aliphatic rings. The molecule has 2 amide bonds. The van der Waals surface area contributed by atoms with Gasteiger partial charge >= 0.3 is 0 Å². The first kappa shape index (κ1) is 20.7. The molecule has 1 aromatic rings. The molecule has 0 aromatic carbocycles. The van der Waals surface area contributed by atoms with Crippen LogP contribution in [0.25, 0.3) is 0 Å².